The van der Waals surface area contributed by atoms with Gasteiger partial charge in [0.2, 0.25) is 0 Å². The smallest absolute Gasteiger partial charge is 0.350 e. The molecule has 1 aliphatic heterocycles. The van der Waals surface area contributed by atoms with Gasteiger partial charge >= 0.3 is 6.18 Å². The van der Waals surface area contributed by atoms with E-state index in [1.807, 2.05) is 11.0 Å². The van der Waals surface area contributed by atoms with Gasteiger partial charge in [0.1, 0.15) is 0 Å². The van der Waals surface area contributed by atoms with Gasteiger partial charge in [0.05, 0.1) is 0 Å². The molecule has 1 aromatic heterocycles. The lowest BCUT2D eigenvalue weighted by Gasteiger charge is -2.30. The molecular weight excluding hydrogens is 338 g/mol. The number of aromatic nitrogens is 2. The highest BCUT2D eigenvalue weighted by molar-refractivity contribution is 6.35. The molecule has 0 radical (unpaired) electrons. The van der Waals surface area contributed by atoms with Crippen molar-refractivity contribution in [2.24, 2.45) is 0 Å². The monoisotopic (exact) mass is 347 g/mol. The molecule has 2 aromatic rings. The molecule has 0 aliphatic carbocycles. The van der Waals surface area contributed by atoms with E-state index in [0.717, 1.165) is 17.2 Å². The molecule has 0 atom stereocenters. The predicted molar refractivity (Wildman–Crippen MR) is 78.3 cm³/mol. The van der Waals surface area contributed by atoms with Crippen LogP contribution in [0.15, 0.2) is 24.3 Å². The van der Waals surface area contributed by atoms with Gasteiger partial charge in [-0.1, -0.05) is 23.2 Å². The summed E-state index contributed by atoms with van der Waals surface area (Å²) >= 11 is 12.1. The summed E-state index contributed by atoms with van der Waals surface area (Å²) in [7, 11) is 0. The second kappa shape index (κ2) is 5.59. The van der Waals surface area contributed by atoms with Crippen LogP contribution in [0.1, 0.15) is 16.8 Å². The third-order valence-electron chi connectivity index (χ3n) is 3.51. The Kier molecular flexibility index (Phi) is 3.91. The number of rotatable bonds is 1. The average Bonchev–Trinajstić information content (AvgIpc) is 2.45. The van der Waals surface area contributed by atoms with Crippen LogP contribution >= 0.6 is 23.2 Å². The molecular formula is C14H10Cl2F3N3. The summed E-state index contributed by atoms with van der Waals surface area (Å²) in [5, 5.41) is 8.07. The number of alkyl halides is 3. The molecule has 1 aliphatic rings. The lowest BCUT2D eigenvalue weighted by Crippen LogP contribution is -2.31. The highest BCUT2D eigenvalue weighted by atomic mass is 35.5. The molecule has 0 amide bonds. The van der Waals surface area contributed by atoms with E-state index in [1.165, 1.54) is 6.07 Å². The van der Waals surface area contributed by atoms with Gasteiger partial charge in [-0.3, -0.25) is 0 Å². The van der Waals surface area contributed by atoms with Crippen molar-refractivity contribution in [1.82, 2.24) is 10.2 Å². The first-order valence-corrected chi connectivity index (χ1v) is 7.23. The van der Waals surface area contributed by atoms with E-state index in [2.05, 4.69) is 10.2 Å². The van der Waals surface area contributed by atoms with Gasteiger partial charge in [0.15, 0.2) is 11.5 Å². The van der Waals surface area contributed by atoms with Crippen molar-refractivity contribution in [3.05, 3.63) is 51.1 Å². The molecule has 8 heteroatoms. The third-order valence-corrected chi connectivity index (χ3v) is 4.07. The number of hydrogen-bond acceptors (Lipinski definition) is 3. The molecule has 0 spiro atoms. The Labute approximate surface area is 134 Å². The summed E-state index contributed by atoms with van der Waals surface area (Å²) < 4.78 is 37.5. The fourth-order valence-electron chi connectivity index (χ4n) is 2.45. The van der Waals surface area contributed by atoms with Crippen LogP contribution in [0.5, 0.6) is 0 Å². The first-order valence-electron chi connectivity index (χ1n) is 6.47. The van der Waals surface area contributed by atoms with Crippen LogP contribution in [0.4, 0.5) is 19.0 Å². The van der Waals surface area contributed by atoms with Gasteiger partial charge < -0.3 is 4.90 Å². The van der Waals surface area contributed by atoms with E-state index in [-0.39, 0.29) is 0 Å². The molecule has 0 saturated carbocycles. The van der Waals surface area contributed by atoms with Gasteiger partial charge in [-0.25, -0.2) is 0 Å². The lowest BCUT2D eigenvalue weighted by molar-refractivity contribution is -0.141. The predicted octanol–water partition coefficient (Wildman–Crippen LogP) is 4.36. The number of anilines is 1. The minimum atomic E-state index is -4.49. The Bertz CT molecular complexity index is 702. The van der Waals surface area contributed by atoms with Crippen LogP contribution in [-0.4, -0.2) is 16.7 Å². The Morgan fingerprint density at radius 3 is 2.50 bits per heavy atom. The van der Waals surface area contributed by atoms with Crippen LogP contribution in [0.25, 0.3) is 0 Å². The molecule has 0 unspecified atom stereocenters. The van der Waals surface area contributed by atoms with E-state index in [4.69, 9.17) is 23.2 Å². The van der Waals surface area contributed by atoms with E-state index in [1.54, 1.807) is 6.07 Å². The normalized spacial score (nSPS) is 14.9. The molecule has 2 heterocycles. The fraction of sp³-hybridized carbons (Fsp3) is 0.286. The summed E-state index contributed by atoms with van der Waals surface area (Å²) in [4.78, 5) is 1.85. The zero-order chi connectivity index (χ0) is 15.9. The Morgan fingerprint density at radius 1 is 1.09 bits per heavy atom. The number of halogens is 5. The van der Waals surface area contributed by atoms with E-state index < -0.39 is 11.9 Å². The average molecular weight is 348 g/mol. The van der Waals surface area contributed by atoms with Gasteiger partial charge in [-0.15, -0.1) is 10.2 Å². The molecule has 0 N–H and O–H groups in total. The number of benzene rings is 1. The summed E-state index contributed by atoms with van der Waals surface area (Å²) in [6, 6.07) is 5.76. The van der Waals surface area contributed by atoms with Crippen molar-refractivity contribution in [2.75, 3.05) is 11.4 Å². The number of hydrogen-bond donors (Lipinski definition) is 0. The second-order valence-electron chi connectivity index (χ2n) is 4.97. The van der Waals surface area contributed by atoms with E-state index in [9.17, 15) is 13.2 Å². The van der Waals surface area contributed by atoms with Gasteiger partial charge in [0, 0.05) is 23.1 Å². The maximum atomic E-state index is 12.5. The van der Waals surface area contributed by atoms with Gasteiger partial charge in [-0.2, -0.15) is 13.2 Å². The van der Waals surface area contributed by atoms with Gasteiger partial charge in [0.25, 0.3) is 0 Å². The maximum Gasteiger partial charge on any atom is 0.435 e. The quantitative estimate of drug-likeness (QED) is 0.767. The highest BCUT2D eigenvalue weighted by Crippen LogP contribution is 2.32. The molecule has 0 fully saturated rings. The Balaban J connectivity index is 1.85. The fourth-order valence-corrected chi connectivity index (χ4v) is 3.08. The molecule has 1 aromatic carbocycles. The van der Waals surface area contributed by atoms with Crippen LogP contribution in [0.3, 0.4) is 0 Å². The standard InChI is InChI=1S/C14H10Cl2F3N3/c15-9-5-8-7-22(4-3-10(8)11(16)6-9)13-2-1-12(20-21-13)14(17,18)19/h1-2,5-6H,3-4,7H2. The molecule has 3 nitrogen and oxygen atoms in total. The molecule has 22 heavy (non-hydrogen) atoms. The van der Waals surface area contributed by atoms with Crippen LogP contribution in [0, 0.1) is 0 Å². The summed E-state index contributed by atoms with van der Waals surface area (Å²) in [6.07, 6.45) is -3.81. The zero-order valence-corrected chi connectivity index (χ0v) is 12.7. The largest absolute Gasteiger partial charge is 0.435 e. The lowest BCUT2D eigenvalue weighted by atomic mass is 10.00. The van der Waals surface area contributed by atoms with Gasteiger partial charge in [-0.05, 0) is 41.8 Å². The summed E-state index contributed by atoms with van der Waals surface area (Å²) in [5.41, 5.74) is 0.965. The summed E-state index contributed by atoms with van der Waals surface area (Å²) in [6.45, 7) is 1.09. The molecule has 0 saturated heterocycles. The van der Waals surface area contributed by atoms with Crippen molar-refractivity contribution in [1.29, 1.82) is 0 Å². The minimum Gasteiger partial charge on any atom is -0.350 e. The minimum absolute atomic E-state index is 0.398. The van der Waals surface area contributed by atoms with Crippen LogP contribution in [-0.2, 0) is 19.1 Å². The first-order chi connectivity index (χ1) is 10.3. The van der Waals surface area contributed by atoms with Crippen molar-refractivity contribution in [2.45, 2.75) is 19.1 Å². The SMILES string of the molecule is FC(F)(F)c1ccc(N2CCc3c(Cl)cc(Cl)cc3C2)nn1. The van der Waals surface area contributed by atoms with Crippen molar-refractivity contribution < 1.29 is 13.2 Å². The van der Waals surface area contributed by atoms with E-state index in [0.29, 0.717) is 35.4 Å². The third kappa shape index (κ3) is 2.98. The molecule has 116 valence electrons. The summed E-state index contributed by atoms with van der Waals surface area (Å²) in [5.74, 6) is 0.398. The first kappa shape index (κ1) is 15.4. The van der Waals surface area contributed by atoms with E-state index >= 15 is 0 Å². The zero-order valence-electron chi connectivity index (χ0n) is 11.2. The maximum absolute atomic E-state index is 12.5. The van der Waals surface area contributed by atoms with Crippen molar-refractivity contribution in [3.8, 4) is 0 Å². The van der Waals surface area contributed by atoms with Crippen molar-refractivity contribution in [3.63, 3.8) is 0 Å². The van der Waals surface area contributed by atoms with Crippen LogP contribution < -0.4 is 4.90 Å². The molecule has 0 bridgehead atoms. The topological polar surface area (TPSA) is 29.0 Å². The second-order valence-corrected chi connectivity index (χ2v) is 5.82. The Morgan fingerprint density at radius 2 is 1.86 bits per heavy atom. The highest BCUT2D eigenvalue weighted by Gasteiger charge is 2.33. The Hall–Kier alpha value is -1.53. The molecule has 3 rings (SSSR count). The number of nitrogens with zero attached hydrogens (tertiary/aromatic N) is 3. The number of fused-ring (bicyclic) bond motifs is 1. The van der Waals surface area contributed by atoms with Crippen LogP contribution in [0.2, 0.25) is 10.0 Å². The van der Waals surface area contributed by atoms with Crippen molar-refractivity contribution >= 4 is 29.0 Å².